The van der Waals surface area contributed by atoms with Crippen LogP contribution in [0.2, 0.25) is 0 Å². The predicted octanol–water partition coefficient (Wildman–Crippen LogP) is 3.32. The standard InChI is InChI=1S/C18H21NO3/c1-3-22-18(20)12-17(19)14-9-7-13(8-10-14)15-5-4-6-16(11-15)21-2/h4-11,17H,3,12,19H2,1-2H3. The highest BCUT2D eigenvalue weighted by molar-refractivity contribution is 5.70. The van der Waals surface area contributed by atoms with E-state index in [0.29, 0.717) is 6.61 Å². The number of hydrogen-bond acceptors (Lipinski definition) is 4. The molecule has 2 rings (SSSR count). The van der Waals surface area contributed by atoms with Crippen molar-refractivity contribution in [1.82, 2.24) is 0 Å². The molecular weight excluding hydrogens is 278 g/mol. The summed E-state index contributed by atoms with van der Waals surface area (Å²) in [4.78, 5) is 11.5. The maximum atomic E-state index is 11.5. The minimum absolute atomic E-state index is 0.187. The Morgan fingerprint density at radius 1 is 1.14 bits per heavy atom. The molecule has 0 aromatic heterocycles. The van der Waals surface area contributed by atoms with Gasteiger partial charge in [-0.3, -0.25) is 4.79 Å². The molecule has 0 spiro atoms. The summed E-state index contributed by atoms with van der Waals surface area (Å²) >= 11 is 0. The second kappa shape index (κ2) is 7.61. The molecule has 1 unspecified atom stereocenters. The van der Waals surface area contributed by atoms with Crippen molar-refractivity contribution in [3.63, 3.8) is 0 Å². The number of ether oxygens (including phenoxy) is 2. The van der Waals surface area contributed by atoms with Crippen LogP contribution in [0.3, 0.4) is 0 Å². The summed E-state index contributed by atoms with van der Waals surface area (Å²) in [7, 11) is 1.65. The second-order valence-electron chi connectivity index (χ2n) is 4.97. The van der Waals surface area contributed by atoms with Crippen LogP contribution in [0.4, 0.5) is 0 Å². The quantitative estimate of drug-likeness (QED) is 0.831. The van der Waals surface area contributed by atoms with E-state index in [-0.39, 0.29) is 18.4 Å². The van der Waals surface area contributed by atoms with E-state index in [9.17, 15) is 4.79 Å². The topological polar surface area (TPSA) is 61.5 Å². The minimum Gasteiger partial charge on any atom is -0.497 e. The van der Waals surface area contributed by atoms with Gasteiger partial charge in [-0.2, -0.15) is 0 Å². The van der Waals surface area contributed by atoms with Gasteiger partial charge in [0.15, 0.2) is 0 Å². The zero-order valence-corrected chi connectivity index (χ0v) is 12.9. The Bertz CT molecular complexity index is 622. The Kier molecular flexibility index (Phi) is 5.55. The van der Waals surface area contributed by atoms with Gasteiger partial charge in [-0.05, 0) is 35.7 Å². The first-order valence-corrected chi connectivity index (χ1v) is 7.29. The average Bonchev–Trinajstić information content (AvgIpc) is 2.55. The van der Waals surface area contributed by atoms with Gasteiger partial charge in [-0.1, -0.05) is 36.4 Å². The first-order valence-electron chi connectivity index (χ1n) is 7.29. The summed E-state index contributed by atoms with van der Waals surface area (Å²) in [5, 5.41) is 0. The number of nitrogens with two attached hydrogens (primary N) is 1. The van der Waals surface area contributed by atoms with Gasteiger partial charge in [0.2, 0.25) is 0 Å². The molecule has 4 heteroatoms. The van der Waals surface area contributed by atoms with E-state index >= 15 is 0 Å². The molecule has 2 aromatic rings. The van der Waals surface area contributed by atoms with Gasteiger partial charge < -0.3 is 15.2 Å². The molecule has 1 atom stereocenters. The third-order valence-electron chi connectivity index (χ3n) is 3.43. The Balaban J connectivity index is 2.11. The zero-order chi connectivity index (χ0) is 15.9. The van der Waals surface area contributed by atoms with Crippen molar-refractivity contribution < 1.29 is 14.3 Å². The Hall–Kier alpha value is -2.33. The lowest BCUT2D eigenvalue weighted by molar-refractivity contribution is -0.143. The molecule has 0 saturated carbocycles. The van der Waals surface area contributed by atoms with E-state index in [1.165, 1.54) is 0 Å². The van der Waals surface area contributed by atoms with Gasteiger partial charge in [0, 0.05) is 6.04 Å². The Labute approximate surface area is 130 Å². The first-order chi connectivity index (χ1) is 10.6. The van der Waals surface area contributed by atoms with E-state index in [1.54, 1.807) is 14.0 Å². The highest BCUT2D eigenvalue weighted by atomic mass is 16.5. The van der Waals surface area contributed by atoms with Crippen molar-refractivity contribution in [3.8, 4) is 16.9 Å². The SMILES string of the molecule is CCOC(=O)CC(N)c1ccc(-c2cccc(OC)c2)cc1. The first kappa shape index (κ1) is 16.0. The fourth-order valence-electron chi connectivity index (χ4n) is 2.24. The fraction of sp³-hybridized carbons (Fsp3) is 0.278. The van der Waals surface area contributed by atoms with Gasteiger partial charge >= 0.3 is 5.97 Å². The van der Waals surface area contributed by atoms with Crippen LogP contribution in [-0.4, -0.2) is 19.7 Å². The normalized spacial score (nSPS) is 11.8. The van der Waals surface area contributed by atoms with Crippen LogP contribution in [-0.2, 0) is 9.53 Å². The smallest absolute Gasteiger partial charge is 0.307 e. The van der Waals surface area contributed by atoms with Gasteiger partial charge in [-0.25, -0.2) is 0 Å². The number of benzene rings is 2. The number of methoxy groups -OCH3 is 1. The zero-order valence-electron chi connectivity index (χ0n) is 12.9. The van der Waals surface area contributed by atoms with E-state index in [2.05, 4.69) is 0 Å². The van der Waals surface area contributed by atoms with E-state index in [0.717, 1.165) is 22.4 Å². The van der Waals surface area contributed by atoms with Crippen molar-refractivity contribution in [2.75, 3.05) is 13.7 Å². The highest BCUT2D eigenvalue weighted by Crippen LogP contribution is 2.25. The summed E-state index contributed by atoms with van der Waals surface area (Å²) in [5.74, 6) is 0.549. The Morgan fingerprint density at radius 2 is 1.86 bits per heavy atom. The summed E-state index contributed by atoms with van der Waals surface area (Å²) < 4.78 is 10.2. The number of carbonyl (C=O) groups is 1. The molecular formula is C18H21NO3. The molecule has 0 radical (unpaired) electrons. The van der Waals surface area contributed by atoms with Crippen LogP contribution in [0.5, 0.6) is 5.75 Å². The van der Waals surface area contributed by atoms with Gasteiger partial charge in [0.05, 0.1) is 20.1 Å². The lowest BCUT2D eigenvalue weighted by Gasteiger charge is -2.12. The van der Waals surface area contributed by atoms with Crippen molar-refractivity contribution in [1.29, 1.82) is 0 Å². The van der Waals surface area contributed by atoms with Crippen LogP contribution in [0, 0.1) is 0 Å². The maximum absolute atomic E-state index is 11.5. The molecule has 0 fully saturated rings. The van der Waals surface area contributed by atoms with Crippen LogP contribution in [0.1, 0.15) is 24.9 Å². The third kappa shape index (κ3) is 4.09. The Morgan fingerprint density at radius 3 is 2.50 bits per heavy atom. The molecule has 22 heavy (non-hydrogen) atoms. The average molecular weight is 299 g/mol. The molecule has 0 aliphatic heterocycles. The molecule has 4 nitrogen and oxygen atoms in total. The third-order valence-corrected chi connectivity index (χ3v) is 3.43. The van der Waals surface area contributed by atoms with Crippen LogP contribution in [0.15, 0.2) is 48.5 Å². The van der Waals surface area contributed by atoms with Gasteiger partial charge in [0.1, 0.15) is 5.75 Å². The molecule has 0 heterocycles. The number of hydrogen-bond donors (Lipinski definition) is 1. The van der Waals surface area contributed by atoms with Crippen molar-refractivity contribution in [2.45, 2.75) is 19.4 Å². The largest absolute Gasteiger partial charge is 0.497 e. The van der Waals surface area contributed by atoms with Crippen molar-refractivity contribution in [3.05, 3.63) is 54.1 Å². The number of carbonyl (C=O) groups excluding carboxylic acids is 1. The maximum Gasteiger partial charge on any atom is 0.307 e. The summed E-state index contributed by atoms with van der Waals surface area (Å²) in [5.41, 5.74) is 9.11. The van der Waals surface area contributed by atoms with Crippen LogP contribution < -0.4 is 10.5 Å². The molecule has 0 saturated heterocycles. The monoisotopic (exact) mass is 299 g/mol. The molecule has 0 amide bonds. The van der Waals surface area contributed by atoms with Crippen LogP contribution >= 0.6 is 0 Å². The van der Waals surface area contributed by atoms with Crippen molar-refractivity contribution >= 4 is 5.97 Å². The highest BCUT2D eigenvalue weighted by Gasteiger charge is 2.12. The summed E-state index contributed by atoms with van der Waals surface area (Å²) in [6.07, 6.45) is 0.187. The molecule has 2 aromatic carbocycles. The van der Waals surface area contributed by atoms with Gasteiger partial charge in [-0.15, -0.1) is 0 Å². The van der Waals surface area contributed by atoms with Crippen molar-refractivity contribution in [2.24, 2.45) is 5.73 Å². The van der Waals surface area contributed by atoms with Crippen LogP contribution in [0.25, 0.3) is 11.1 Å². The summed E-state index contributed by atoms with van der Waals surface area (Å²) in [6, 6.07) is 15.4. The minimum atomic E-state index is -0.349. The number of esters is 1. The molecule has 116 valence electrons. The van der Waals surface area contributed by atoms with E-state index < -0.39 is 0 Å². The summed E-state index contributed by atoms with van der Waals surface area (Å²) in [6.45, 7) is 2.16. The fourth-order valence-corrected chi connectivity index (χ4v) is 2.24. The molecule has 0 aliphatic rings. The number of rotatable bonds is 6. The lowest BCUT2D eigenvalue weighted by Crippen LogP contribution is -2.17. The second-order valence-corrected chi connectivity index (χ2v) is 4.97. The predicted molar refractivity (Wildman–Crippen MR) is 86.6 cm³/mol. The lowest BCUT2D eigenvalue weighted by atomic mass is 9.99. The molecule has 0 aliphatic carbocycles. The molecule has 0 bridgehead atoms. The van der Waals surface area contributed by atoms with Gasteiger partial charge in [0.25, 0.3) is 0 Å². The molecule has 2 N–H and O–H groups in total. The van der Waals surface area contributed by atoms with E-state index in [4.69, 9.17) is 15.2 Å². The van der Waals surface area contributed by atoms with E-state index in [1.807, 2.05) is 48.5 Å².